The van der Waals surface area contributed by atoms with Crippen LogP contribution in [0.3, 0.4) is 0 Å². The fraction of sp³-hybridized carbons (Fsp3) is 0.182. The third kappa shape index (κ3) is 3.64. The normalized spacial score (nSPS) is 16.2. The lowest BCUT2D eigenvalue weighted by Gasteiger charge is -2.19. The van der Waals surface area contributed by atoms with Crippen molar-refractivity contribution in [2.75, 3.05) is 5.75 Å². The highest BCUT2D eigenvalue weighted by atomic mass is 32.2. The van der Waals surface area contributed by atoms with E-state index in [1.54, 1.807) is 22.6 Å². The SMILES string of the molecule is Cc1nc(SCC(=O)N2N=C(c3cccs3)CC2c2ccco2)c2ccccc2n1. The van der Waals surface area contributed by atoms with Crippen LogP contribution >= 0.6 is 23.1 Å². The fourth-order valence-electron chi connectivity index (χ4n) is 3.50. The molecule has 0 fully saturated rings. The Morgan fingerprint density at radius 3 is 2.90 bits per heavy atom. The van der Waals surface area contributed by atoms with E-state index in [4.69, 9.17) is 4.42 Å². The Morgan fingerprint density at radius 1 is 1.20 bits per heavy atom. The van der Waals surface area contributed by atoms with Gasteiger partial charge in [-0.3, -0.25) is 4.79 Å². The van der Waals surface area contributed by atoms with Crippen molar-refractivity contribution in [1.82, 2.24) is 15.0 Å². The number of carbonyl (C=O) groups excluding carboxylic acids is 1. The monoisotopic (exact) mass is 434 g/mol. The molecule has 1 aromatic carbocycles. The Bertz CT molecular complexity index is 1220. The van der Waals surface area contributed by atoms with Crippen molar-refractivity contribution in [3.63, 3.8) is 0 Å². The number of carbonyl (C=O) groups is 1. The molecule has 0 saturated heterocycles. The van der Waals surface area contributed by atoms with Crippen LogP contribution in [0, 0.1) is 6.92 Å². The summed E-state index contributed by atoms with van der Waals surface area (Å²) in [7, 11) is 0. The first-order chi connectivity index (χ1) is 14.7. The maximum atomic E-state index is 13.2. The van der Waals surface area contributed by atoms with Crippen LogP contribution in [0.4, 0.5) is 0 Å². The van der Waals surface area contributed by atoms with E-state index in [1.165, 1.54) is 11.8 Å². The van der Waals surface area contributed by atoms with E-state index in [0.717, 1.165) is 32.3 Å². The van der Waals surface area contributed by atoms with E-state index in [2.05, 4.69) is 15.1 Å². The van der Waals surface area contributed by atoms with Crippen LogP contribution in [-0.4, -0.2) is 32.3 Å². The van der Waals surface area contributed by atoms with Crippen LogP contribution in [0.5, 0.6) is 0 Å². The molecule has 1 amide bonds. The summed E-state index contributed by atoms with van der Waals surface area (Å²) in [5.41, 5.74) is 1.79. The Morgan fingerprint density at radius 2 is 2.10 bits per heavy atom. The largest absolute Gasteiger partial charge is 0.467 e. The highest BCUT2D eigenvalue weighted by Crippen LogP contribution is 2.35. The molecule has 1 aliphatic rings. The molecule has 30 heavy (non-hydrogen) atoms. The second kappa shape index (κ2) is 8.04. The first-order valence-corrected chi connectivity index (χ1v) is 11.4. The first-order valence-electron chi connectivity index (χ1n) is 9.52. The number of benzene rings is 1. The predicted octanol–water partition coefficient (Wildman–Crippen LogP) is 5.06. The van der Waals surface area contributed by atoms with Gasteiger partial charge in [-0.2, -0.15) is 5.10 Å². The second-order valence-corrected chi connectivity index (χ2v) is 8.79. The molecule has 3 aromatic heterocycles. The number of amides is 1. The van der Waals surface area contributed by atoms with Crippen LogP contribution in [0.15, 0.2) is 74.7 Å². The number of rotatable bonds is 5. The van der Waals surface area contributed by atoms with Gasteiger partial charge in [0.2, 0.25) is 0 Å². The number of fused-ring (bicyclic) bond motifs is 1. The summed E-state index contributed by atoms with van der Waals surface area (Å²) in [6.45, 7) is 1.86. The summed E-state index contributed by atoms with van der Waals surface area (Å²) in [4.78, 5) is 23.3. The number of thioether (sulfide) groups is 1. The number of para-hydroxylation sites is 1. The molecule has 6 nitrogen and oxygen atoms in total. The van der Waals surface area contributed by atoms with Gasteiger partial charge in [0.25, 0.3) is 5.91 Å². The van der Waals surface area contributed by atoms with Crippen molar-refractivity contribution in [1.29, 1.82) is 0 Å². The Hall–Kier alpha value is -2.97. The summed E-state index contributed by atoms with van der Waals surface area (Å²) >= 11 is 3.04. The predicted molar refractivity (Wildman–Crippen MR) is 119 cm³/mol. The zero-order chi connectivity index (χ0) is 20.5. The summed E-state index contributed by atoms with van der Waals surface area (Å²) in [5.74, 6) is 1.59. The van der Waals surface area contributed by atoms with E-state index in [1.807, 2.05) is 60.8 Å². The van der Waals surface area contributed by atoms with Crippen LogP contribution < -0.4 is 0 Å². The molecule has 0 bridgehead atoms. The summed E-state index contributed by atoms with van der Waals surface area (Å²) < 4.78 is 5.61. The summed E-state index contributed by atoms with van der Waals surface area (Å²) in [6.07, 6.45) is 2.27. The fourth-order valence-corrected chi connectivity index (χ4v) is 5.14. The molecule has 0 spiro atoms. The van der Waals surface area contributed by atoms with Gasteiger partial charge >= 0.3 is 0 Å². The first kappa shape index (κ1) is 19.0. The van der Waals surface area contributed by atoms with Gasteiger partial charge in [-0.1, -0.05) is 36.0 Å². The topological polar surface area (TPSA) is 71.6 Å². The number of hydrazone groups is 1. The molecule has 4 aromatic rings. The zero-order valence-electron chi connectivity index (χ0n) is 16.2. The van der Waals surface area contributed by atoms with Crippen molar-refractivity contribution in [2.24, 2.45) is 5.10 Å². The van der Waals surface area contributed by atoms with Gasteiger partial charge < -0.3 is 4.42 Å². The van der Waals surface area contributed by atoms with Gasteiger partial charge in [0.05, 0.1) is 28.1 Å². The van der Waals surface area contributed by atoms with Crippen LogP contribution in [0.25, 0.3) is 10.9 Å². The van der Waals surface area contributed by atoms with Crippen LogP contribution in [0.2, 0.25) is 0 Å². The number of furan rings is 1. The lowest BCUT2D eigenvalue weighted by molar-refractivity contribution is -0.130. The van der Waals surface area contributed by atoms with E-state index in [0.29, 0.717) is 12.2 Å². The lowest BCUT2D eigenvalue weighted by Crippen LogP contribution is -2.28. The average molecular weight is 435 g/mol. The molecule has 0 saturated carbocycles. The van der Waals surface area contributed by atoms with Crippen molar-refractivity contribution in [2.45, 2.75) is 24.4 Å². The van der Waals surface area contributed by atoms with E-state index >= 15 is 0 Å². The highest BCUT2D eigenvalue weighted by Gasteiger charge is 2.35. The van der Waals surface area contributed by atoms with Crippen molar-refractivity contribution in [3.05, 3.63) is 76.6 Å². The molecule has 0 aliphatic carbocycles. The number of hydrogen-bond acceptors (Lipinski definition) is 7. The zero-order valence-corrected chi connectivity index (χ0v) is 17.8. The number of nitrogens with zero attached hydrogens (tertiary/aromatic N) is 4. The van der Waals surface area contributed by atoms with Crippen LogP contribution in [-0.2, 0) is 4.79 Å². The van der Waals surface area contributed by atoms with Gasteiger partial charge in [-0.15, -0.1) is 11.3 Å². The summed E-state index contributed by atoms with van der Waals surface area (Å²) in [6, 6.07) is 15.4. The molecule has 1 aliphatic heterocycles. The minimum Gasteiger partial charge on any atom is -0.467 e. The van der Waals surface area contributed by atoms with Gasteiger partial charge in [0, 0.05) is 11.8 Å². The minimum absolute atomic E-state index is 0.0756. The molecule has 1 atom stereocenters. The Labute approximate surface area is 181 Å². The molecule has 1 unspecified atom stereocenters. The molecule has 0 radical (unpaired) electrons. The third-order valence-corrected chi connectivity index (χ3v) is 6.75. The van der Waals surface area contributed by atoms with Gasteiger partial charge in [-0.25, -0.2) is 15.0 Å². The Balaban J connectivity index is 1.40. The van der Waals surface area contributed by atoms with E-state index in [-0.39, 0.29) is 17.7 Å². The minimum atomic E-state index is -0.228. The molecular weight excluding hydrogens is 416 g/mol. The van der Waals surface area contributed by atoms with Crippen molar-refractivity contribution < 1.29 is 9.21 Å². The van der Waals surface area contributed by atoms with Gasteiger partial charge in [0.15, 0.2) is 0 Å². The number of aryl methyl sites for hydroxylation is 1. The molecule has 8 heteroatoms. The summed E-state index contributed by atoms with van der Waals surface area (Å²) in [5, 5.41) is 10.0. The molecule has 4 heterocycles. The maximum absolute atomic E-state index is 13.2. The molecule has 0 N–H and O–H groups in total. The van der Waals surface area contributed by atoms with Crippen molar-refractivity contribution in [3.8, 4) is 0 Å². The smallest absolute Gasteiger partial charge is 0.253 e. The standard InChI is InChI=1S/C22H18N4O2S2/c1-14-23-16-7-3-2-6-15(16)22(24-14)30-13-21(27)26-18(19-8-4-10-28-19)12-17(25-26)20-9-5-11-29-20/h2-11,18H,12-13H2,1H3. The molecule has 150 valence electrons. The number of thiophene rings is 1. The van der Waals surface area contributed by atoms with E-state index < -0.39 is 0 Å². The quantitative estimate of drug-likeness (QED) is 0.324. The highest BCUT2D eigenvalue weighted by molar-refractivity contribution is 8.00. The average Bonchev–Trinajstić information content (AvgIpc) is 3.52. The number of hydrogen-bond donors (Lipinski definition) is 0. The van der Waals surface area contributed by atoms with Gasteiger partial charge in [0.1, 0.15) is 22.7 Å². The number of aromatic nitrogens is 2. The van der Waals surface area contributed by atoms with E-state index in [9.17, 15) is 4.79 Å². The molecule has 5 rings (SSSR count). The van der Waals surface area contributed by atoms with Gasteiger partial charge in [-0.05, 0) is 36.6 Å². The van der Waals surface area contributed by atoms with Crippen LogP contribution in [0.1, 0.15) is 28.9 Å². The van der Waals surface area contributed by atoms with Crippen molar-refractivity contribution >= 4 is 45.6 Å². The third-order valence-electron chi connectivity index (χ3n) is 4.86. The maximum Gasteiger partial charge on any atom is 0.253 e. The lowest BCUT2D eigenvalue weighted by atomic mass is 10.1. The second-order valence-electron chi connectivity index (χ2n) is 6.88. The Kier molecular flexibility index (Phi) is 5.10. The molecular formula is C22H18N4O2S2.